The molecule has 0 unspecified atom stereocenters. The van der Waals surface area contributed by atoms with Gasteiger partial charge in [0.15, 0.2) is 0 Å². The van der Waals surface area contributed by atoms with Crippen molar-refractivity contribution in [2.45, 2.75) is 38.6 Å². The zero-order chi connectivity index (χ0) is 10.3. The number of aryl methyl sites for hydroxylation is 2. The molecule has 1 aromatic carbocycles. The maximum atomic E-state index is 6.27. The third-order valence-corrected chi connectivity index (χ3v) is 3.41. The summed E-state index contributed by atoms with van der Waals surface area (Å²) < 4.78 is 0. The van der Waals surface area contributed by atoms with Crippen LogP contribution in [0.3, 0.4) is 0 Å². The van der Waals surface area contributed by atoms with Crippen molar-refractivity contribution in [3.05, 3.63) is 28.8 Å². The van der Waals surface area contributed by atoms with Crippen molar-refractivity contribution in [1.82, 2.24) is 0 Å². The van der Waals surface area contributed by atoms with Crippen LogP contribution in [0.25, 0.3) is 0 Å². The maximum Gasteiger partial charge on any atom is 0.0409 e. The fraction of sp³-hybridized carbons (Fsp3) is 0.500. The highest BCUT2D eigenvalue weighted by Crippen LogP contribution is 2.40. The number of anilines is 1. The average molecular weight is 190 g/mol. The summed E-state index contributed by atoms with van der Waals surface area (Å²) in [5, 5.41) is 0. The highest BCUT2D eigenvalue weighted by Gasteiger charge is 2.34. The minimum Gasteiger partial charge on any atom is -0.398 e. The van der Waals surface area contributed by atoms with E-state index in [9.17, 15) is 0 Å². The molecule has 1 aromatic rings. The summed E-state index contributed by atoms with van der Waals surface area (Å²) in [6.45, 7) is 4.10. The minimum absolute atomic E-state index is 0.0662. The fourth-order valence-electron chi connectivity index (χ4n) is 2.11. The van der Waals surface area contributed by atoms with E-state index in [2.05, 4.69) is 12.1 Å². The van der Waals surface area contributed by atoms with Gasteiger partial charge in [-0.1, -0.05) is 12.1 Å². The van der Waals surface area contributed by atoms with Crippen LogP contribution in [0.1, 0.15) is 36.0 Å². The second kappa shape index (κ2) is 2.99. The van der Waals surface area contributed by atoms with E-state index < -0.39 is 0 Å². The van der Waals surface area contributed by atoms with Crippen LogP contribution in [0.5, 0.6) is 0 Å². The van der Waals surface area contributed by atoms with Gasteiger partial charge in [-0.05, 0) is 49.8 Å². The first kappa shape index (κ1) is 9.53. The summed E-state index contributed by atoms with van der Waals surface area (Å²) in [6, 6.07) is 4.28. The average Bonchev–Trinajstić information content (AvgIpc) is 2.09. The normalized spacial score (nSPS) is 19.1. The van der Waals surface area contributed by atoms with Gasteiger partial charge in [0.25, 0.3) is 0 Å². The predicted molar refractivity (Wildman–Crippen MR) is 60.0 cm³/mol. The number of nitrogens with two attached hydrogens (primary N) is 2. The molecular formula is C12H18N2. The molecule has 0 aromatic heterocycles. The smallest absolute Gasteiger partial charge is 0.0409 e. The summed E-state index contributed by atoms with van der Waals surface area (Å²) >= 11 is 0. The van der Waals surface area contributed by atoms with Crippen molar-refractivity contribution in [3.63, 3.8) is 0 Å². The molecule has 2 heteroatoms. The van der Waals surface area contributed by atoms with Gasteiger partial charge < -0.3 is 11.5 Å². The number of benzene rings is 1. The van der Waals surface area contributed by atoms with E-state index in [1.54, 1.807) is 0 Å². The lowest BCUT2D eigenvalue weighted by molar-refractivity contribution is 0.253. The molecule has 0 atom stereocenters. The molecule has 0 saturated heterocycles. The molecular weight excluding hydrogens is 172 g/mol. The Hall–Kier alpha value is -1.02. The van der Waals surface area contributed by atoms with Gasteiger partial charge in [-0.2, -0.15) is 0 Å². The predicted octanol–water partition coefficient (Wildman–Crippen LogP) is 2.22. The molecule has 0 radical (unpaired) electrons. The molecule has 4 N–H and O–H groups in total. The van der Waals surface area contributed by atoms with Gasteiger partial charge in [-0.15, -0.1) is 0 Å². The Morgan fingerprint density at radius 2 is 1.64 bits per heavy atom. The molecule has 2 nitrogen and oxygen atoms in total. The summed E-state index contributed by atoms with van der Waals surface area (Å²) in [5.74, 6) is 0. The van der Waals surface area contributed by atoms with Gasteiger partial charge in [0.1, 0.15) is 0 Å². The monoisotopic (exact) mass is 190 g/mol. The van der Waals surface area contributed by atoms with E-state index in [1.165, 1.54) is 12.0 Å². The van der Waals surface area contributed by atoms with Crippen LogP contribution < -0.4 is 11.5 Å². The first-order valence-corrected chi connectivity index (χ1v) is 5.19. The van der Waals surface area contributed by atoms with Crippen molar-refractivity contribution in [2.24, 2.45) is 5.73 Å². The van der Waals surface area contributed by atoms with E-state index in [0.29, 0.717) is 0 Å². The number of hydrogen-bond acceptors (Lipinski definition) is 2. The minimum atomic E-state index is -0.0662. The Bertz CT molecular complexity index is 342. The van der Waals surface area contributed by atoms with Crippen LogP contribution in [0.2, 0.25) is 0 Å². The highest BCUT2D eigenvalue weighted by molar-refractivity contribution is 5.55. The Balaban J connectivity index is 2.45. The van der Waals surface area contributed by atoms with Crippen LogP contribution in [0.4, 0.5) is 5.69 Å². The Labute approximate surface area is 85.3 Å². The second-order valence-corrected chi connectivity index (χ2v) is 4.53. The molecule has 1 saturated carbocycles. The van der Waals surface area contributed by atoms with E-state index in [1.807, 2.05) is 13.8 Å². The molecule has 0 spiro atoms. The maximum absolute atomic E-state index is 6.27. The topological polar surface area (TPSA) is 52.0 Å². The van der Waals surface area contributed by atoms with Gasteiger partial charge in [0.2, 0.25) is 0 Å². The Morgan fingerprint density at radius 3 is 2.00 bits per heavy atom. The first-order chi connectivity index (χ1) is 6.53. The SMILES string of the molecule is Cc1cc(C2(N)CCC2)cc(C)c1N. The van der Waals surface area contributed by atoms with E-state index in [4.69, 9.17) is 11.5 Å². The zero-order valence-electron chi connectivity index (χ0n) is 8.93. The Kier molecular flexibility index (Phi) is 2.04. The summed E-state index contributed by atoms with van der Waals surface area (Å²) in [6.07, 6.45) is 3.46. The third kappa shape index (κ3) is 1.30. The number of rotatable bonds is 1. The molecule has 2 rings (SSSR count). The summed E-state index contributed by atoms with van der Waals surface area (Å²) in [5.41, 5.74) is 16.6. The van der Waals surface area contributed by atoms with Crippen LogP contribution in [-0.4, -0.2) is 0 Å². The van der Waals surface area contributed by atoms with Crippen LogP contribution in [0, 0.1) is 13.8 Å². The molecule has 0 heterocycles. The van der Waals surface area contributed by atoms with Crippen LogP contribution >= 0.6 is 0 Å². The lowest BCUT2D eigenvalue weighted by Crippen LogP contribution is -2.43. The summed E-state index contributed by atoms with van der Waals surface area (Å²) in [4.78, 5) is 0. The van der Waals surface area contributed by atoms with Crippen molar-refractivity contribution < 1.29 is 0 Å². The quantitative estimate of drug-likeness (QED) is 0.667. The lowest BCUT2D eigenvalue weighted by Gasteiger charge is -2.39. The zero-order valence-corrected chi connectivity index (χ0v) is 8.93. The second-order valence-electron chi connectivity index (χ2n) is 4.53. The molecule has 76 valence electrons. The molecule has 1 aliphatic carbocycles. The van der Waals surface area contributed by atoms with Gasteiger partial charge in [0, 0.05) is 11.2 Å². The van der Waals surface area contributed by atoms with E-state index in [-0.39, 0.29) is 5.54 Å². The van der Waals surface area contributed by atoms with Crippen LogP contribution in [-0.2, 0) is 5.54 Å². The Morgan fingerprint density at radius 1 is 1.14 bits per heavy atom. The molecule has 0 bridgehead atoms. The van der Waals surface area contributed by atoms with E-state index >= 15 is 0 Å². The van der Waals surface area contributed by atoms with Gasteiger partial charge in [0.05, 0.1) is 0 Å². The third-order valence-electron chi connectivity index (χ3n) is 3.41. The standard InChI is InChI=1S/C12H18N2/c1-8-6-10(7-9(2)11(8)13)12(14)4-3-5-12/h6-7H,3-5,13-14H2,1-2H3. The molecule has 0 aliphatic heterocycles. The number of hydrogen-bond donors (Lipinski definition) is 2. The van der Waals surface area contributed by atoms with Gasteiger partial charge in [-0.3, -0.25) is 0 Å². The lowest BCUT2D eigenvalue weighted by atomic mass is 9.72. The first-order valence-electron chi connectivity index (χ1n) is 5.19. The molecule has 1 aliphatic rings. The van der Waals surface area contributed by atoms with Crippen molar-refractivity contribution in [1.29, 1.82) is 0 Å². The van der Waals surface area contributed by atoms with E-state index in [0.717, 1.165) is 29.7 Å². The highest BCUT2D eigenvalue weighted by atomic mass is 14.8. The molecule has 0 amide bonds. The van der Waals surface area contributed by atoms with Crippen LogP contribution in [0.15, 0.2) is 12.1 Å². The van der Waals surface area contributed by atoms with Crippen molar-refractivity contribution >= 4 is 5.69 Å². The van der Waals surface area contributed by atoms with Gasteiger partial charge >= 0.3 is 0 Å². The van der Waals surface area contributed by atoms with Crippen molar-refractivity contribution in [2.75, 3.05) is 5.73 Å². The number of nitrogen functional groups attached to an aromatic ring is 1. The largest absolute Gasteiger partial charge is 0.398 e. The van der Waals surface area contributed by atoms with Gasteiger partial charge in [-0.25, -0.2) is 0 Å². The fourth-order valence-corrected chi connectivity index (χ4v) is 2.11. The molecule has 14 heavy (non-hydrogen) atoms. The van der Waals surface area contributed by atoms with Crippen molar-refractivity contribution in [3.8, 4) is 0 Å². The summed E-state index contributed by atoms with van der Waals surface area (Å²) in [7, 11) is 0. The molecule has 1 fully saturated rings.